The first-order valence-corrected chi connectivity index (χ1v) is 10.1. The Hall–Kier alpha value is -3.51. The number of carbonyl (C=O) groups excluding carboxylic acids is 1. The molecule has 4 rings (SSSR count). The maximum atomic E-state index is 12.7. The van der Waals surface area contributed by atoms with Gasteiger partial charge in [-0.2, -0.15) is 0 Å². The monoisotopic (exact) mass is 388 g/mol. The molecule has 0 atom stereocenters. The number of nitrogens with one attached hydrogen (secondary N) is 1. The van der Waals surface area contributed by atoms with Crippen molar-refractivity contribution in [3.05, 3.63) is 102 Å². The van der Waals surface area contributed by atoms with Crippen LogP contribution in [-0.4, -0.2) is 19.2 Å². The van der Waals surface area contributed by atoms with Crippen LogP contribution in [0.15, 0.2) is 96.2 Å². The largest absolute Gasteiger partial charge is 0.289 e. The first-order chi connectivity index (χ1) is 13.5. The molecule has 138 valence electrons. The quantitative estimate of drug-likeness (QED) is 0.518. The van der Waals surface area contributed by atoms with Crippen molar-refractivity contribution >= 4 is 32.3 Å². The number of pyridine rings is 1. The molecule has 6 heteroatoms. The van der Waals surface area contributed by atoms with Crippen molar-refractivity contribution < 1.29 is 13.2 Å². The van der Waals surface area contributed by atoms with Gasteiger partial charge in [-0.1, -0.05) is 30.3 Å². The number of sulfonamides is 1. The van der Waals surface area contributed by atoms with Crippen LogP contribution in [0.5, 0.6) is 0 Å². The highest BCUT2D eigenvalue weighted by Gasteiger charge is 2.15. The van der Waals surface area contributed by atoms with Crippen LogP contribution < -0.4 is 4.72 Å². The summed E-state index contributed by atoms with van der Waals surface area (Å²) in [5.74, 6) is -0.147. The second kappa shape index (κ2) is 7.25. The lowest BCUT2D eigenvalue weighted by atomic mass is 10.0. The van der Waals surface area contributed by atoms with Gasteiger partial charge in [-0.15, -0.1) is 0 Å². The average molecular weight is 388 g/mol. The fourth-order valence-electron chi connectivity index (χ4n) is 2.91. The molecule has 1 aromatic heterocycles. The van der Waals surface area contributed by atoms with E-state index in [0.29, 0.717) is 16.8 Å². The summed E-state index contributed by atoms with van der Waals surface area (Å²) in [5, 5.41) is 1.82. The third-order valence-electron chi connectivity index (χ3n) is 4.37. The van der Waals surface area contributed by atoms with E-state index in [9.17, 15) is 13.2 Å². The summed E-state index contributed by atoms with van der Waals surface area (Å²) in [5.41, 5.74) is 1.39. The van der Waals surface area contributed by atoms with Crippen molar-refractivity contribution in [3.63, 3.8) is 0 Å². The number of aromatic nitrogens is 1. The van der Waals surface area contributed by atoms with Crippen LogP contribution in [0, 0.1) is 0 Å². The number of benzene rings is 3. The Kier molecular flexibility index (Phi) is 4.63. The molecule has 0 bridgehead atoms. The van der Waals surface area contributed by atoms with Gasteiger partial charge in [-0.25, -0.2) is 8.42 Å². The van der Waals surface area contributed by atoms with Crippen molar-refractivity contribution in [2.24, 2.45) is 0 Å². The van der Waals surface area contributed by atoms with Crippen LogP contribution >= 0.6 is 0 Å². The molecule has 0 fully saturated rings. The molecule has 28 heavy (non-hydrogen) atoms. The van der Waals surface area contributed by atoms with E-state index in [0.717, 1.165) is 10.8 Å². The molecule has 0 unspecified atom stereocenters. The van der Waals surface area contributed by atoms with Crippen LogP contribution in [0.3, 0.4) is 0 Å². The summed E-state index contributed by atoms with van der Waals surface area (Å²) in [7, 11) is -3.73. The van der Waals surface area contributed by atoms with Gasteiger partial charge in [0.15, 0.2) is 5.78 Å². The number of hydrogen-bond acceptors (Lipinski definition) is 4. The van der Waals surface area contributed by atoms with Crippen molar-refractivity contribution in [3.8, 4) is 0 Å². The summed E-state index contributed by atoms with van der Waals surface area (Å²) < 4.78 is 28.0. The zero-order chi connectivity index (χ0) is 19.6. The summed E-state index contributed by atoms with van der Waals surface area (Å²) in [6.07, 6.45) is 3.11. The van der Waals surface area contributed by atoms with Crippen molar-refractivity contribution in [2.75, 3.05) is 4.72 Å². The Balaban J connectivity index is 1.57. The van der Waals surface area contributed by atoms with Crippen LogP contribution in [0.1, 0.15) is 15.9 Å². The Morgan fingerprint density at radius 2 is 1.39 bits per heavy atom. The average Bonchev–Trinajstić information content (AvgIpc) is 2.74. The number of ketones is 1. The molecule has 0 saturated carbocycles. The minimum absolute atomic E-state index is 0.147. The van der Waals surface area contributed by atoms with Crippen molar-refractivity contribution in [1.82, 2.24) is 4.98 Å². The molecule has 0 saturated heterocycles. The fourth-order valence-corrected chi connectivity index (χ4v) is 4.00. The second-order valence-corrected chi connectivity index (χ2v) is 7.94. The van der Waals surface area contributed by atoms with Gasteiger partial charge in [0.2, 0.25) is 0 Å². The lowest BCUT2D eigenvalue weighted by Crippen LogP contribution is -2.13. The Labute approximate surface area is 162 Å². The number of fused-ring (bicyclic) bond motifs is 1. The fraction of sp³-hybridized carbons (Fsp3) is 0. The molecular formula is C22H16N2O3S. The Morgan fingerprint density at radius 3 is 2.11 bits per heavy atom. The number of carbonyl (C=O) groups is 1. The maximum Gasteiger partial charge on any atom is 0.261 e. The van der Waals surface area contributed by atoms with Crippen molar-refractivity contribution in [2.45, 2.75) is 4.90 Å². The standard InChI is InChI=1S/C22H16N2O3S/c25-22(18-11-13-23-14-12-18)17-5-8-20(9-6-17)24-28(26,27)21-10-7-16-3-1-2-4-19(16)15-21/h1-15,24H. The van der Waals surface area contributed by atoms with E-state index in [1.54, 1.807) is 67.0 Å². The number of nitrogens with zero attached hydrogens (tertiary/aromatic N) is 1. The Bertz CT molecular complexity index is 1250. The van der Waals surface area contributed by atoms with Crippen LogP contribution in [0.4, 0.5) is 5.69 Å². The van der Waals surface area contributed by atoms with Gasteiger partial charge < -0.3 is 0 Å². The van der Waals surface area contributed by atoms with Gasteiger partial charge in [0.05, 0.1) is 4.90 Å². The van der Waals surface area contributed by atoms with Crippen molar-refractivity contribution in [1.29, 1.82) is 0 Å². The zero-order valence-electron chi connectivity index (χ0n) is 14.7. The van der Waals surface area contributed by atoms with Crippen LogP contribution in [-0.2, 0) is 10.0 Å². The molecule has 0 aliphatic carbocycles. The lowest BCUT2D eigenvalue weighted by molar-refractivity contribution is 0.103. The molecule has 0 aliphatic rings. The minimum atomic E-state index is -3.73. The van der Waals surface area contributed by atoms with E-state index in [-0.39, 0.29) is 10.7 Å². The molecule has 0 spiro atoms. The zero-order valence-corrected chi connectivity index (χ0v) is 15.6. The van der Waals surface area contributed by atoms with Gasteiger partial charge in [0.25, 0.3) is 10.0 Å². The van der Waals surface area contributed by atoms with Gasteiger partial charge in [0, 0.05) is 29.2 Å². The smallest absolute Gasteiger partial charge is 0.261 e. The summed E-state index contributed by atoms with van der Waals surface area (Å²) in [4.78, 5) is 16.5. The molecular weight excluding hydrogens is 372 g/mol. The highest BCUT2D eigenvalue weighted by molar-refractivity contribution is 7.92. The first-order valence-electron chi connectivity index (χ1n) is 8.59. The topological polar surface area (TPSA) is 76.1 Å². The van der Waals surface area contributed by atoms with Crippen LogP contribution in [0.25, 0.3) is 10.8 Å². The second-order valence-electron chi connectivity index (χ2n) is 6.26. The molecule has 3 aromatic carbocycles. The SMILES string of the molecule is O=C(c1ccncc1)c1ccc(NS(=O)(=O)c2ccc3ccccc3c2)cc1. The minimum Gasteiger partial charge on any atom is -0.289 e. The van der Waals surface area contributed by atoms with Crippen LogP contribution in [0.2, 0.25) is 0 Å². The summed E-state index contributed by atoms with van der Waals surface area (Å²) in [6, 6.07) is 22.2. The third kappa shape index (κ3) is 3.63. The van der Waals surface area contributed by atoms with E-state index >= 15 is 0 Å². The van der Waals surface area contributed by atoms with E-state index in [4.69, 9.17) is 0 Å². The van der Waals surface area contributed by atoms with Gasteiger partial charge in [0.1, 0.15) is 0 Å². The van der Waals surface area contributed by atoms with Gasteiger partial charge >= 0.3 is 0 Å². The number of rotatable bonds is 5. The highest BCUT2D eigenvalue weighted by Crippen LogP contribution is 2.22. The molecule has 0 radical (unpaired) electrons. The summed E-state index contributed by atoms with van der Waals surface area (Å²) in [6.45, 7) is 0. The van der Waals surface area contributed by atoms with E-state index < -0.39 is 10.0 Å². The number of hydrogen-bond donors (Lipinski definition) is 1. The van der Waals surface area contributed by atoms with E-state index in [2.05, 4.69) is 9.71 Å². The molecule has 1 heterocycles. The third-order valence-corrected chi connectivity index (χ3v) is 5.75. The molecule has 0 amide bonds. The van der Waals surface area contributed by atoms with E-state index in [1.807, 2.05) is 24.3 Å². The molecule has 4 aromatic rings. The Morgan fingerprint density at radius 1 is 0.750 bits per heavy atom. The lowest BCUT2D eigenvalue weighted by Gasteiger charge is -2.10. The highest BCUT2D eigenvalue weighted by atomic mass is 32.2. The maximum absolute atomic E-state index is 12.7. The molecule has 0 aliphatic heterocycles. The predicted octanol–water partition coefficient (Wildman–Crippen LogP) is 4.27. The number of anilines is 1. The molecule has 1 N–H and O–H groups in total. The predicted molar refractivity (Wildman–Crippen MR) is 109 cm³/mol. The normalized spacial score (nSPS) is 11.3. The van der Waals surface area contributed by atoms with E-state index in [1.165, 1.54) is 0 Å². The van der Waals surface area contributed by atoms with Gasteiger partial charge in [-0.3, -0.25) is 14.5 Å². The summed E-state index contributed by atoms with van der Waals surface area (Å²) >= 11 is 0. The molecule has 5 nitrogen and oxygen atoms in total. The first kappa shape index (κ1) is 17.9. The van der Waals surface area contributed by atoms with Gasteiger partial charge in [-0.05, 0) is 59.3 Å².